The monoisotopic (exact) mass is 299 g/mol. The van der Waals surface area contributed by atoms with Crippen molar-refractivity contribution in [3.8, 4) is 11.5 Å². The number of hydrogen-bond acceptors (Lipinski definition) is 2. The molecule has 0 fully saturated rings. The summed E-state index contributed by atoms with van der Waals surface area (Å²) in [6.45, 7) is 0. The molecule has 0 unspecified atom stereocenters. The van der Waals surface area contributed by atoms with Crippen molar-refractivity contribution in [2.75, 3.05) is 5.73 Å². The first-order valence-corrected chi connectivity index (χ1v) is 5.53. The molecule has 2 rings (SSSR count). The van der Waals surface area contributed by atoms with Gasteiger partial charge in [0.15, 0.2) is 11.6 Å². The molecule has 0 spiro atoms. The summed E-state index contributed by atoms with van der Waals surface area (Å²) in [6, 6.07) is 8.30. The van der Waals surface area contributed by atoms with Crippen LogP contribution in [0.3, 0.4) is 0 Å². The van der Waals surface area contributed by atoms with Crippen LogP contribution in [-0.4, -0.2) is 0 Å². The van der Waals surface area contributed by atoms with E-state index in [0.717, 1.165) is 12.1 Å². The van der Waals surface area contributed by atoms with E-state index in [4.69, 9.17) is 10.5 Å². The average molecular weight is 300 g/mol. The van der Waals surface area contributed by atoms with Crippen LogP contribution in [0.25, 0.3) is 0 Å². The van der Waals surface area contributed by atoms with Gasteiger partial charge in [-0.1, -0.05) is 0 Å². The van der Waals surface area contributed by atoms with Gasteiger partial charge in [-0.05, 0) is 46.3 Å². The van der Waals surface area contributed by atoms with Crippen LogP contribution in [0.2, 0.25) is 0 Å². The molecule has 0 saturated carbocycles. The van der Waals surface area contributed by atoms with Crippen molar-refractivity contribution < 1.29 is 13.5 Å². The lowest BCUT2D eigenvalue weighted by Crippen LogP contribution is -1.90. The van der Waals surface area contributed by atoms with Crippen molar-refractivity contribution in [2.45, 2.75) is 0 Å². The summed E-state index contributed by atoms with van der Waals surface area (Å²) < 4.78 is 31.7. The van der Waals surface area contributed by atoms with Crippen molar-refractivity contribution in [1.29, 1.82) is 0 Å². The standard InChI is InChI=1S/C12H8BrF2NO/c13-9-5-7(16)1-4-12(9)17-8-2-3-10(14)11(15)6-8/h1-6H,16H2. The molecule has 2 aromatic rings. The molecule has 0 heterocycles. The maximum absolute atomic E-state index is 13.0. The lowest BCUT2D eigenvalue weighted by molar-refractivity contribution is 0.459. The summed E-state index contributed by atoms with van der Waals surface area (Å²) in [5.41, 5.74) is 6.15. The first kappa shape index (κ1) is 11.9. The van der Waals surface area contributed by atoms with Gasteiger partial charge in [0.2, 0.25) is 0 Å². The first-order valence-electron chi connectivity index (χ1n) is 4.74. The molecule has 0 bridgehead atoms. The van der Waals surface area contributed by atoms with E-state index in [1.54, 1.807) is 18.2 Å². The molecule has 2 nitrogen and oxygen atoms in total. The van der Waals surface area contributed by atoms with Gasteiger partial charge in [-0.15, -0.1) is 0 Å². The van der Waals surface area contributed by atoms with E-state index in [2.05, 4.69) is 15.9 Å². The molecule has 0 aliphatic heterocycles. The van der Waals surface area contributed by atoms with Gasteiger partial charge in [-0.2, -0.15) is 0 Å². The van der Waals surface area contributed by atoms with E-state index in [9.17, 15) is 8.78 Å². The summed E-state index contributed by atoms with van der Waals surface area (Å²) in [5.74, 6) is -1.16. The van der Waals surface area contributed by atoms with Gasteiger partial charge in [0.05, 0.1) is 4.47 Å². The molecule has 0 aromatic heterocycles. The highest BCUT2D eigenvalue weighted by atomic mass is 79.9. The fraction of sp³-hybridized carbons (Fsp3) is 0. The molecule has 0 amide bonds. The summed E-state index contributed by atoms with van der Waals surface area (Å²) in [4.78, 5) is 0. The molecule has 0 radical (unpaired) electrons. The van der Waals surface area contributed by atoms with Crippen molar-refractivity contribution in [3.05, 3.63) is 52.5 Å². The van der Waals surface area contributed by atoms with E-state index in [-0.39, 0.29) is 5.75 Å². The van der Waals surface area contributed by atoms with E-state index in [0.29, 0.717) is 15.9 Å². The third kappa shape index (κ3) is 2.74. The number of benzene rings is 2. The SMILES string of the molecule is Nc1ccc(Oc2ccc(F)c(F)c2)c(Br)c1. The zero-order chi connectivity index (χ0) is 12.4. The number of anilines is 1. The number of ether oxygens (including phenoxy) is 1. The Morgan fingerprint density at radius 2 is 1.76 bits per heavy atom. The second-order valence-corrected chi connectivity index (χ2v) is 4.22. The highest BCUT2D eigenvalue weighted by Gasteiger charge is 2.06. The zero-order valence-electron chi connectivity index (χ0n) is 8.58. The normalized spacial score (nSPS) is 10.3. The van der Waals surface area contributed by atoms with Gasteiger partial charge in [0, 0.05) is 11.8 Å². The van der Waals surface area contributed by atoms with Crippen molar-refractivity contribution >= 4 is 21.6 Å². The average Bonchev–Trinajstić information content (AvgIpc) is 2.27. The van der Waals surface area contributed by atoms with Crippen LogP contribution in [0, 0.1) is 11.6 Å². The largest absolute Gasteiger partial charge is 0.456 e. The van der Waals surface area contributed by atoms with Crippen molar-refractivity contribution in [2.24, 2.45) is 0 Å². The predicted octanol–water partition coefficient (Wildman–Crippen LogP) is 4.10. The number of halogens is 3. The van der Waals surface area contributed by atoms with Gasteiger partial charge in [-0.25, -0.2) is 8.78 Å². The minimum Gasteiger partial charge on any atom is -0.456 e. The summed E-state index contributed by atoms with van der Waals surface area (Å²) in [6.07, 6.45) is 0. The third-order valence-electron chi connectivity index (χ3n) is 2.07. The Morgan fingerprint density at radius 3 is 2.41 bits per heavy atom. The predicted molar refractivity (Wildman–Crippen MR) is 65.0 cm³/mol. The maximum atomic E-state index is 13.0. The minimum atomic E-state index is -0.950. The smallest absolute Gasteiger partial charge is 0.162 e. The Balaban J connectivity index is 2.28. The molecule has 0 aliphatic carbocycles. The third-order valence-corrected chi connectivity index (χ3v) is 2.69. The van der Waals surface area contributed by atoms with Gasteiger partial charge in [0.1, 0.15) is 11.5 Å². The van der Waals surface area contributed by atoms with Crippen LogP contribution < -0.4 is 10.5 Å². The summed E-state index contributed by atoms with van der Waals surface area (Å²) in [5, 5.41) is 0. The molecule has 0 saturated heterocycles. The number of rotatable bonds is 2. The molecule has 0 aliphatic rings. The molecule has 0 atom stereocenters. The summed E-state index contributed by atoms with van der Waals surface area (Å²) >= 11 is 3.26. The van der Waals surface area contributed by atoms with Gasteiger partial charge >= 0.3 is 0 Å². The van der Waals surface area contributed by atoms with Crippen LogP contribution in [0.1, 0.15) is 0 Å². The second-order valence-electron chi connectivity index (χ2n) is 3.37. The maximum Gasteiger partial charge on any atom is 0.162 e. The van der Waals surface area contributed by atoms with E-state index in [1.807, 2.05) is 0 Å². The highest BCUT2D eigenvalue weighted by molar-refractivity contribution is 9.10. The fourth-order valence-electron chi connectivity index (χ4n) is 1.27. The molecule has 2 N–H and O–H groups in total. The van der Waals surface area contributed by atoms with Gasteiger partial charge < -0.3 is 10.5 Å². The summed E-state index contributed by atoms with van der Waals surface area (Å²) in [7, 11) is 0. The molecular formula is C12H8BrF2NO. The van der Waals surface area contributed by atoms with Crippen LogP contribution >= 0.6 is 15.9 Å². The van der Waals surface area contributed by atoms with Crippen LogP contribution in [0.15, 0.2) is 40.9 Å². The Labute approximate surface area is 105 Å². The number of hydrogen-bond donors (Lipinski definition) is 1. The van der Waals surface area contributed by atoms with E-state index in [1.165, 1.54) is 6.07 Å². The molecule has 17 heavy (non-hydrogen) atoms. The lowest BCUT2D eigenvalue weighted by atomic mass is 10.3. The molecule has 88 valence electrons. The lowest BCUT2D eigenvalue weighted by Gasteiger charge is -2.08. The minimum absolute atomic E-state index is 0.217. The molecule has 5 heteroatoms. The van der Waals surface area contributed by atoms with E-state index < -0.39 is 11.6 Å². The number of nitrogen functional groups attached to an aromatic ring is 1. The Morgan fingerprint density at radius 1 is 1.00 bits per heavy atom. The van der Waals surface area contributed by atoms with Gasteiger partial charge in [-0.3, -0.25) is 0 Å². The Bertz CT molecular complexity index is 560. The quantitative estimate of drug-likeness (QED) is 0.847. The first-order chi connectivity index (χ1) is 8.06. The second kappa shape index (κ2) is 4.71. The zero-order valence-corrected chi connectivity index (χ0v) is 10.2. The van der Waals surface area contributed by atoms with Crippen LogP contribution in [0.5, 0.6) is 11.5 Å². The van der Waals surface area contributed by atoms with Crippen molar-refractivity contribution in [1.82, 2.24) is 0 Å². The number of nitrogens with two attached hydrogens (primary N) is 1. The van der Waals surface area contributed by atoms with E-state index >= 15 is 0 Å². The molecule has 2 aromatic carbocycles. The topological polar surface area (TPSA) is 35.2 Å². The van der Waals surface area contributed by atoms with Crippen LogP contribution in [0.4, 0.5) is 14.5 Å². The fourth-order valence-corrected chi connectivity index (χ4v) is 1.74. The highest BCUT2D eigenvalue weighted by Crippen LogP contribution is 2.31. The van der Waals surface area contributed by atoms with Crippen molar-refractivity contribution in [3.63, 3.8) is 0 Å². The Kier molecular flexibility index (Phi) is 3.28. The van der Waals surface area contributed by atoms with Crippen LogP contribution in [-0.2, 0) is 0 Å². The Hall–Kier alpha value is -1.62. The molecular weight excluding hydrogens is 292 g/mol. The van der Waals surface area contributed by atoms with Gasteiger partial charge in [0.25, 0.3) is 0 Å².